The zero-order chi connectivity index (χ0) is 16.3. The number of H-pyrrole nitrogens is 1. The Hall–Kier alpha value is -1.70. The molecule has 0 amide bonds. The number of halogens is 1. The average molecular weight is 389 g/mol. The van der Waals surface area contributed by atoms with Crippen molar-refractivity contribution in [2.75, 3.05) is 26.2 Å². The van der Waals surface area contributed by atoms with Crippen LogP contribution in [0.25, 0.3) is 22.1 Å². The summed E-state index contributed by atoms with van der Waals surface area (Å²) in [5.41, 5.74) is 1.42. The van der Waals surface area contributed by atoms with Crippen LogP contribution in [0.2, 0.25) is 0 Å². The minimum atomic E-state index is -0.205. The maximum absolute atomic E-state index is 12.4. The molecule has 0 saturated carbocycles. The van der Waals surface area contributed by atoms with Gasteiger partial charge in [0.25, 0.3) is 5.56 Å². The molecule has 0 bridgehead atoms. The van der Waals surface area contributed by atoms with Crippen LogP contribution in [0.15, 0.2) is 31.9 Å². The van der Waals surface area contributed by atoms with Crippen molar-refractivity contribution in [2.24, 2.45) is 11.8 Å². The number of aromatic nitrogens is 2. The van der Waals surface area contributed by atoms with Gasteiger partial charge in [-0.3, -0.25) is 9.69 Å². The van der Waals surface area contributed by atoms with Crippen molar-refractivity contribution in [3.63, 3.8) is 0 Å². The molecular weight excluding hydrogens is 372 g/mol. The van der Waals surface area contributed by atoms with Crippen molar-refractivity contribution in [1.29, 1.82) is 0 Å². The molecule has 0 aliphatic carbocycles. The predicted octanol–water partition coefficient (Wildman–Crippen LogP) is 2.08. The van der Waals surface area contributed by atoms with E-state index in [0.717, 1.165) is 47.9 Å². The summed E-state index contributed by atoms with van der Waals surface area (Å²) >= 11 is 3.47. The number of furan rings is 1. The van der Waals surface area contributed by atoms with Crippen molar-refractivity contribution in [3.8, 4) is 0 Å². The van der Waals surface area contributed by atoms with E-state index >= 15 is 0 Å². The fourth-order valence-electron chi connectivity index (χ4n) is 4.04. The normalized spacial score (nSPS) is 24.2. The fraction of sp³-hybridized carbons (Fsp3) is 0.412. The van der Waals surface area contributed by atoms with Crippen molar-refractivity contribution >= 4 is 38.0 Å². The van der Waals surface area contributed by atoms with Gasteiger partial charge in [-0.2, -0.15) is 0 Å². The van der Waals surface area contributed by atoms with Crippen LogP contribution in [-0.2, 0) is 6.54 Å². The van der Waals surface area contributed by atoms with Gasteiger partial charge in [0.2, 0.25) is 5.58 Å². The van der Waals surface area contributed by atoms with Crippen LogP contribution in [0.3, 0.4) is 0 Å². The molecule has 1 aromatic carbocycles. The Kier molecular flexibility index (Phi) is 3.29. The van der Waals surface area contributed by atoms with Crippen LogP contribution in [0.5, 0.6) is 0 Å². The van der Waals surface area contributed by atoms with E-state index in [1.165, 1.54) is 0 Å². The zero-order valence-corrected chi connectivity index (χ0v) is 14.6. The lowest BCUT2D eigenvalue weighted by atomic mass is 10.0. The van der Waals surface area contributed by atoms with Crippen LogP contribution in [0.4, 0.5) is 0 Å². The van der Waals surface area contributed by atoms with Gasteiger partial charge in [-0.25, -0.2) is 4.98 Å². The first kappa shape index (κ1) is 14.6. The van der Waals surface area contributed by atoms with Crippen LogP contribution >= 0.6 is 15.9 Å². The highest BCUT2D eigenvalue weighted by Crippen LogP contribution is 2.29. The minimum Gasteiger partial charge on any atom is -0.449 e. The van der Waals surface area contributed by atoms with Gasteiger partial charge in [-0.1, -0.05) is 15.9 Å². The number of hydrogen-bond donors (Lipinski definition) is 2. The van der Waals surface area contributed by atoms with Crippen LogP contribution < -0.4 is 10.9 Å². The van der Waals surface area contributed by atoms with Gasteiger partial charge in [0, 0.05) is 22.9 Å². The molecule has 2 aliphatic rings. The first-order chi connectivity index (χ1) is 11.7. The van der Waals surface area contributed by atoms with Crippen molar-refractivity contribution in [3.05, 3.63) is 38.9 Å². The number of nitrogens with zero attached hydrogens (tertiary/aromatic N) is 2. The standard InChI is InChI=1S/C17H17BrN4O2/c18-11-1-2-13-12(3-11)15-16(24-13)17(23)21-14(20-15)8-22-6-9-4-19-5-10(9)7-22/h1-3,9-10,19H,4-8H2,(H,20,21,23). The molecule has 2 fully saturated rings. The van der Waals surface area contributed by atoms with E-state index in [0.29, 0.717) is 29.1 Å². The molecule has 2 unspecified atom stereocenters. The molecule has 5 rings (SSSR count). The first-order valence-corrected chi connectivity index (χ1v) is 9.01. The summed E-state index contributed by atoms with van der Waals surface area (Å²) in [6.45, 7) is 5.02. The van der Waals surface area contributed by atoms with Gasteiger partial charge in [-0.15, -0.1) is 0 Å². The summed E-state index contributed by atoms with van der Waals surface area (Å²) in [7, 11) is 0. The van der Waals surface area contributed by atoms with Gasteiger partial charge in [0.1, 0.15) is 16.9 Å². The summed E-state index contributed by atoms with van der Waals surface area (Å²) in [5.74, 6) is 2.17. The molecule has 2 saturated heterocycles. The Balaban J connectivity index is 1.53. The third-order valence-corrected chi connectivity index (χ3v) is 5.67. The Morgan fingerprint density at radius 2 is 2.08 bits per heavy atom. The summed E-state index contributed by atoms with van der Waals surface area (Å²) in [5, 5.41) is 4.32. The van der Waals surface area contributed by atoms with E-state index < -0.39 is 0 Å². The lowest BCUT2D eigenvalue weighted by molar-refractivity contribution is 0.298. The highest BCUT2D eigenvalue weighted by atomic mass is 79.9. The SMILES string of the molecule is O=c1[nH]c(CN2CC3CNCC3C2)nc2c1oc1ccc(Br)cc12. The number of hydrogen-bond acceptors (Lipinski definition) is 5. The first-order valence-electron chi connectivity index (χ1n) is 8.21. The molecular formula is C17H17BrN4O2. The Bertz CT molecular complexity index is 983. The molecule has 0 spiro atoms. The van der Waals surface area contributed by atoms with Crippen LogP contribution in [-0.4, -0.2) is 41.0 Å². The molecule has 6 nitrogen and oxygen atoms in total. The van der Waals surface area contributed by atoms with Gasteiger partial charge in [0.15, 0.2) is 0 Å². The van der Waals surface area contributed by atoms with E-state index in [1.807, 2.05) is 18.2 Å². The fourth-order valence-corrected chi connectivity index (χ4v) is 4.40. The minimum absolute atomic E-state index is 0.205. The van der Waals surface area contributed by atoms with Gasteiger partial charge >= 0.3 is 0 Å². The number of fused-ring (bicyclic) bond motifs is 4. The predicted molar refractivity (Wildman–Crippen MR) is 95.0 cm³/mol. The topological polar surface area (TPSA) is 74.2 Å². The largest absolute Gasteiger partial charge is 0.449 e. The molecule has 4 heterocycles. The second kappa shape index (κ2) is 5.40. The summed E-state index contributed by atoms with van der Waals surface area (Å²) < 4.78 is 6.62. The molecule has 2 atom stereocenters. The lowest BCUT2D eigenvalue weighted by Crippen LogP contribution is -2.27. The molecule has 24 heavy (non-hydrogen) atoms. The maximum Gasteiger partial charge on any atom is 0.294 e. The third kappa shape index (κ3) is 2.30. The molecule has 2 aromatic heterocycles. The molecule has 7 heteroatoms. The zero-order valence-electron chi connectivity index (χ0n) is 13.0. The van der Waals surface area contributed by atoms with E-state index in [-0.39, 0.29) is 5.56 Å². The van der Waals surface area contributed by atoms with Crippen molar-refractivity contribution in [2.45, 2.75) is 6.54 Å². The van der Waals surface area contributed by atoms with Gasteiger partial charge < -0.3 is 14.7 Å². The number of nitrogens with one attached hydrogen (secondary N) is 2. The highest BCUT2D eigenvalue weighted by molar-refractivity contribution is 9.10. The number of likely N-dealkylation sites (tertiary alicyclic amines) is 1. The smallest absolute Gasteiger partial charge is 0.294 e. The quantitative estimate of drug-likeness (QED) is 0.702. The molecule has 124 valence electrons. The number of rotatable bonds is 2. The Morgan fingerprint density at radius 1 is 1.29 bits per heavy atom. The number of aromatic amines is 1. The molecule has 2 N–H and O–H groups in total. The summed E-state index contributed by atoms with van der Waals surface area (Å²) in [6.07, 6.45) is 0. The van der Waals surface area contributed by atoms with Crippen LogP contribution in [0.1, 0.15) is 5.82 Å². The Labute approximate surface area is 146 Å². The maximum atomic E-state index is 12.4. The second-order valence-electron chi connectivity index (χ2n) is 6.81. The van der Waals surface area contributed by atoms with Crippen LogP contribution in [0, 0.1) is 11.8 Å². The third-order valence-electron chi connectivity index (χ3n) is 5.17. The van der Waals surface area contributed by atoms with E-state index in [4.69, 9.17) is 9.40 Å². The Morgan fingerprint density at radius 3 is 2.88 bits per heavy atom. The lowest BCUT2D eigenvalue weighted by Gasteiger charge is -2.15. The number of benzene rings is 1. The van der Waals surface area contributed by atoms with Crippen molar-refractivity contribution < 1.29 is 4.42 Å². The average Bonchev–Trinajstić information content (AvgIpc) is 3.21. The monoisotopic (exact) mass is 388 g/mol. The van der Waals surface area contributed by atoms with E-state index in [1.54, 1.807) is 0 Å². The van der Waals surface area contributed by atoms with E-state index in [9.17, 15) is 4.79 Å². The highest BCUT2D eigenvalue weighted by Gasteiger charge is 2.36. The second-order valence-corrected chi connectivity index (χ2v) is 7.72. The summed E-state index contributed by atoms with van der Waals surface area (Å²) in [4.78, 5) is 22.4. The van der Waals surface area contributed by atoms with Crippen molar-refractivity contribution in [1.82, 2.24) is 20.2 Å². The summed E-state index contributed by atoms with van der Waals surface area (Å²) in [6, 6.07) is 5.70. The molecule has 3 aromatic rings. The van der Waals surface area contributed by atoms with E-state index in [2.05, 4.69) is 31.1 Å². The van der Waals surface area contributed by atoms with Gasteiger partial charge in [-0.05, 0) is 43.1 Å². The molecule has 0 radical (unpaired) electrons. The molecule has 2 aliphatic heterocycles. The van der Waals surface area contributed by atoms with Gasteiger partial charge in [0.05, 0.1) is 6.54 Å².